The fourth-order valence-corrected chi connectivity index (χ4v) is 4.43. The van der Waals surface area contributed by atoms with Crippen LogP contribution < -0.4 is 0 Å². The number of aryl methyl sites for hydroxylation is 2. The molecule has 22 heavy (non-hydrogen) atoms. The van der Waals surface area contributed by atoms with Crippen molar-refractivity contribution in [3.05, 3.63) is 34.9 Å². The summed E-state index contributed by atoms with van der Waals surface area (Å²) in [7, 11) is -1.46. The summed E-state index contributed by atoms with van der Waals surface area (Å²) in [5, 5.41) is 0. The zero-order chi connectivity index (χ0) is 16.3. The number of hydrogen-bond acceptors (Lipinski definition) is 4. The van der Waals surface area contributed by atoms with Gasteiger partial charge in [0.1, 0.15) is 0 Å². The zero-order valence-electron chi connectivity index (χ0n) is 13.3. The maximum absolute atomic E-state index is 12.8. The summed E-state index contributed by atoms with van der Waals surface area (Å²) in [4.78, 5) is 14.4. The number of amides is 1. The molecule has 1 heterocycles. The molecule has 5 nitrogen and oxygen atoms in total. The van der Waals surface area contributed by atoms with Gasteiger partial charge in [-0.15, -0.1) is 0 Å². The maximum atomic E-state index is 12.8. The SMILES string of the molecule is COCCN(C(=O)c1ccc(C)c(C)c1)C1CCS(=O)(=O)C1. The molecule has 1 aromatic rings. The minimum atomic E-state index is -3.03. The summed E-state index contributed by atoms with van der Waals surface area (Å²) in [6, 6.07) is 5.33. The third-order valence-corrected chi connectivity index (χ3v) is 5.95. The van der Waals surface area contributed by atoms with Crippen LogP contribution in [0.1, 0.15) is 27.9 Å². The van der Waals surface area contributed by atoms with Crippen LogP contribution in [0.3, 0.4) is 0 Å². The lowest BCUT2D eigenvalue weighted by molar-refractivity contribution is 0.0624. The number of carbonyl (C=O) groups excluding carboxylic acids is 1. The zero-order valence-corrected chi connectivity index (χ0v) is 14.1. The summed E-state index contributed by atoms with van der Waals surface area (Å²) in [5.41, 5.74) is 2.78. The summed E-state index contributed by atoms with van der Waals surface area (Å²) in [6.07, 6.45) is 0.503. The van der Waals surface area contributed by atoms with Gasteiger partial charge in [0.2, 0.25) is 0 Å². The number of benzene rings is 1. The molecule has 1 fully saturated rings. The van der Waals surface area contributed by atoms with E-state index in [1.54, 1.807) is 18.1 Å². The Morgan fingerprint density at radius 2 is 2.05 bits per heavy atom. The van der Waals surface area contributed by atoms with Crippen LogP contribution in [0.5, 0.6) is 0 Å². The molecule has 0 radical (unpaired) electrons. The second-order valence-electron chi connectivity index (χ2n) is 5.85. The first-order valence-electron chi connectivity index (χ1n) is 7.41. The van der Waals surface area contributed by atoms with Crippen molar-refractivity contribution in [2.45, 2.75) is 26.3 Å². The Morgan fingerprint density at radius 1 is 1.32 bits per heavy atom. The minimum Gasteiger partial charge on any atom is -0.383 e. The molecule has 1 atom stereocenters. The highest BCUT2D eigenvalue weighted by atomic mass is 32.2. The molecule has 1 aliphatic heterocycles. The van der Waals surface area contributed by atoms with Crippen LogP contribution in [-0.2, 0) is 14.6 Å². The normalized spacial score (nSPS) is 20.0. The molecule has 6 heteroatoms. The van der Waals surface area contributed by atoms with Crippen molar-refractivity contribution in [2.75, 3.05) is 31.8 Å². The second-order valence-corrected chi connectivity index (χ2v) is 8.08. The highest BCUT2D eigenvalue weighted by Gasteiger charge is 2.34. The Labute approximate surface area is 132 Å². The van der Waals surface area contributed by atoms with Crippen molar-refractivity contribution in [1.29, 1.82) is 0 Å². The lowest BCUT2D eigenvalue weighted by Gasteiger charge is -2.28. The van der Waals surface area contributed by atoms with Crippen molar-refractivity contribution in [3.8, 4) is 0 Å². The van der Waals surface area contributed by atoms with E-state index in [9.17, 15) is 13.2 Å². The van der Waals surface area contributed by atoms with Gasteiger partial charge in [0.15, 0.2) is 9.84 Å². The molecule has 1 unspecified atom stereocenters. The van der Waals surface area contributed by atoms with E-state index in [4.69, 9.17) is 4.74 Å². The van der Waals surface area contributed by atoms with Gasteiger partial charge in [-0.1, -0.05) is 6.07 Å². The van der Waals surface area contributed by atoms with E-state index >= 15 is 0 Å². The second kappa shape index (κ2) is 6.79. The Kier molecular flexibility index (Phi) is 5.24. The van der Waals surface area contributed by atoms with E-state index in [1.807, 2.05) is 26.0 Å². The molecule has 0 aromatic heterocycles. The monoisotopic (exact) mass is 325 g/mol. The first-order chi connectivity index (χ1) is 10.3. The van der Waals surface area contributed by atoms with Crippen LogP contribution in [0.2, 0.25) is 0 Å². The van der Waals surface area contributed by atoms with Gasteiger partial charge in [0.05, 0.1) is 18.1 Å². The van der Waals surface area contributed by atoms with E-state index in [1.165, 1.54) is 0 Å². The largest absolute Gasteiger partial charge is 0.383 e. The smallest absolute Gasteiger partial charge is 0.254 e. The number of ether oxygens (including phenoxy) is 1. The average molecular weight is 325 g/mol. The fraction of sp³-hybridized carbons (Fsp3) is 0.562. The Balaban J connectivity index is 2.24. The minimum absolute atomic E-state index is 0.0489. The molecule has 1 amide bonds. The number of hydrogen-bond donors (Lipinski definition) is 0. The third-order valence-electron chi connectivity index (χ3n) is 4.20. The molecule has 0 N–H and O–H groups in total. The van der Waals surface area contributed by atoms with E-state index < -0.39 is 9.84 Å². The lowest BCUT2D eigenvalue weighted by Crippen LogP contribution is -2.43. The molecule has 0 aliphatic carbocycles. The van der Waals surface area contributed by atoms with Gasteiger partial charge in [-0.25, -0.2) is 8.42 Å². The van der Waals surface area contributed by atoms with Crippen LogP contribution in [-0.4, -0.2) is 57.0 Å². The molecule has 0 bridgehead atoms. The fourth-order valence-electron chi connectivity index (χ4n) is 2.70. The lowest BCUT2D eigenvalue weighted by atomic mass is 10.0. The third kappa shape index (κ3) is 3.87. The van der Waals surface area contributed by atoms with E-state index in [0.29, 0.717) is 25.1 Å². The number of sulfone groups is 1. The van der Waals surface area contributed by atoms with Crippen molar-refractivity contribution in [2.24, 2.45) is 0 Å². The first-order valence-corrected chi connectivity index (χ1v) is 9.24. The molecular formula is C16H23NO4S. The first kappa shape index (κ1) is 17.0. The van der Waals surface area contributed by atoms with Crippen LogP contribution in [0.4, 0.5) is 0 Å². The summed E-state index contributed by atoms with van der Waals surface area (Å²) >= 11 is 0. The Morgan fingerprint density at radius 3 is 2.59 bits per heavy atom. The number of methoxy groups -OCH3 is 1. The maximum Gasteiger partial charge on any atom is 0.254 e. The quantitative estimate of drug-likeness (QED) is 0.824. The van der Waals surface area contributed by atoms with Crippen LogP contribution >= 0.6 is 0 Å². The van der Waals surface area contributed by atoms with Crippen LogP contribution in [0.25, 0.3) is 0 Å². The number of nitrogens with zero attached hydrogens (tertiary/aromatic N) is 1. The van der Waals surface area contributed by atoms with E-state index in [-0.39, 0.29) is 23.5 Å². The van der Waals surface area contributed by atoms with Crippen molar-refractivity contribution in [1.82, 2.24) is 4.90 Å². The Bertz CT molecular complexity index is 654. The highest BCUT2D eigenvalue weighted by molar-refractivity contribution is 7.91. The Hall–Kier alpha value is -1.40. The molecule has 1 aliphatic rings. The predicted octanol–water partition coefficient (Wildman–Crippen LogP) is 1.58. The topological polar surface area (TPSA) is 63.7 Å². The molecule has 1 aromatic carbocycles. The van der Waals surface area contributed by atoms with Gasteiger partial charge < -0.3 is 9.64 Å². The number of rotatable bonds is 5. The van der Waals surface area contributed by atoms with Crippen LogP contribution in [0, 0.1) is 13.8 Å². The standard InChI is InChI=1S/C16H23NO4S/c1-12-4-5-14(10-13(12)2)16(18)17(7-8-21-3)15-6-9-22(19,20)11-15/h4-5,10,15H,6-9,11H2,1-3H3. The van der Waals surface area contributed by atoms with E-state index in [0.717, 1.165) is 11.1 Å². The number of carbonyl (C=O) groups is 1. The van der Waals surface area contributed by atoms with Crippen molar-refractivity contribution in [3.63, 3.8) is 0 Å². The summed E-state index contributed by atoms with van der Waals surface area (Å²) < 4.78 is 28.5. The van der Waals surface area contributed by atoms with Crippen LogP contribution in [0.15, 0.2) is 18.2 Å². The van der Waals surface area contributed by atoms with Gasteiger partial charge in [-0.3, -0.25) is 4.79 Å². The van der Waals surface area contributed by atoms with Gasteiger partial charge in [-0.2, -0.15) is 0 Å². The van der Waals surface area contributed by atoms with Gasteiger partial charge in [0, 0.05) is 25.3 Å². The van der Waals surface area contributed by atoms with E-state index in [2.05, 4.69) is 0 Å². The average Bonchev–Trinajstić information content (AvgIpc) is 2.82. The van der Waals surface area contributed by atoms with Gasteiger partial charge in [-0.05, 0) is 43.5 Å². The molecule has 1 saturated heterocycles. The predicted molar refractivity (Wildman–Crippen MR) is 85.9 cm³/mol. The summed E-state index contributed by atoms with van der Waals surface area (Å²) in [5.74, 6) is 0.0801. The molecule has 0 saturated carbocycles. The van der Waals surface area contributed by atoms with Gasteiger partial charge in [0.25, 0.3) is 5.91 Å². The molecular weight excluding hydrogens is 302 g/mol. The van der Waals surface area contributed by atoms with Crippen molar-refractivity contribution >= 4 is 15.7 Å². The highest BCUT2D eigenvalue weighted by Crippen LogP contribution is 2.21. The molecule has 2 rings (SSSR count). The molecule has 122 valence electrons. The van der Waals surface area contributed by atoms with Crippen molar-refractivity contribution < 1.29 is 17.9 Å². The molecule has 0 spiro atoms. The summed E-state index contributed by atoms with van der Waals surface area (Å²) in [6.45, 7) is 4.76. The van der Waals surface area contributed by atoms with Gasteiger partial charge >= 0.3 is 0 Å².